The molecule has 15 heavy (non-hydrogen) atoms. The number of amides is 1. The molecule has 0 aromatic heterocycles. The van der Waals surface area contributed by atoms with Gasteiger partial charge in [0.15, 0.2) is 0 Å². The topological polar surface area (TPSA) is 40.5 Å². The zero-order valence-corrected chi connectivity index (χ0v) is 10.3. The van der Waals surface area contributed by atoms with E-state index < -0.39 is 0 Å². The van der Waals surface area contributed by atoms with Crippen molar-refractivity contribution in [1.29, 1.82) is 0 Å². The fourth-order valence-corrected chi connectivity index (χ4v) is 2.05. The Labute approximate surface area is 92.5 Å². The predicted molar refractivity (Wildman–Crippen MR) is 60.4 cm³/mol. The summed E-state index contributed by atoms with van der Waals surface area (Å²) in [7, 11) is 0. The molecule has 1 N–H and O–H groups in total. The van der Waals surface area contributed by atoms with Crippen LogP contribution in [0.4, 0.5) is 0 Å². The Balaban J connectivity index is 2.62. The Kier molecular flexibility index (Phi) is 3.77. The van der Waals surface area contributed by atoms with Gasteiger partial charge < -0.3 is 10.0 Å². The minimum atomic E-state index is -0.305. The van der Waals surface area contributed by atoms with E-state index >= 15 is 0 Å². The highest BCUT2D eigenvalue weighted by Crippen LogP contribution is 2.26. The van der Waals surface area contributed by atoms with E-state index in [1.807, 2.05) is 25.7 Å². The van der Waals surface area contributed by atoms with Crippen LogP contribution in [0, 0.1) is 17.3 Å². The Morgan fingerprint density at radius 3 is 2.53 bits per heavy atom. The van der Waals surface area contributed by atoms with E-state index in [2.05, 4.69) is 6.92 Å². The van der Waals surface area contributed by atoms with Gasteiger partial charge in [-0.15, -0.1) is 0 Å². The predicted octanol–water partition coefficient (Wildman–Crippen LogP) is 1.51. The van der Waals surface area contributed by atoms with E-state index in [-0.39, 0.29) is 23.8 Å². The molecule has 3 heteroatoms. The van der Waals surface area contributed by atoms with Crippen molar-refractivity contribution in [2.24, 2.45) is 17.3 Å². The number of likely N-dealkylation sites (tertiary alicyclic amines) is 1. The number of carbonyl (C=O) groups excluding carboxylic acids is 1. The molecule has 1 aliphatic rings. The monoisotopic (exact) mass is 213 g/mol. The summed E-state index contributed by atoms with van der Waals surface area (Å²) in [6.07, 6.45) is 1.01. The largest absolute Gasteiger partial charge is 0.396 e. The fraction of sp³-hybridized carbons (Fsp3) is 0.917. The van der Waals surface area contributed by atoms with Crippen molar-refractivity contribution in [2.75, 3.05) is 19.7 Å². The molecule has 2 unspecified atom stereocenters. The van der Waals surface area contributed by atoms with Crippen molar-refractivity contribution in [3.63, 3.8) is 0 Å². The normalized spacial score (nSPS) is 27.9. The third kappa shape index (κ3) is 2.94. The van der Waals surface area contributed by atoms with Gasteiger partial charge in [0, 0.05) is 31.0 Å². The second-order valence-electron chi connectivity index (χ2n) is 5.71. The first-order valence-electron chi connectivity index (χ1n) is 5.76. The molecule has 1 amide bonds. The number of aliphatic hydroxyl groups is 1. The van der Waals surface area contributed by atoms with Gasteiger partial charge in [-0.1, -0.05) is 27.7 Å². The van der Waals surface area contributed by atoms with Crippen LogP contribution < -0.4 is 0 Å². The third-order valence-electron chi connectivity index (χ3n) is 3.28. The Morgan fingerprint density at radius 2 is 2.07 bits per heavy atom. The number of carbonyl (C=O) groups is 1. The van der Waals surface area contributed by atoms with Gasteiger partial charge in [-0.05, 0) is 12.3 Å². The van der Waals surface area contributed by atoms with Crippen molar-refractivity contribution < 1.29 is 9.90 Å². The van der Waals surface area contributed by atoms with Crippen molar-refractivity contribution in [3.8, 4) is 0 Å². The van der Waals surface area contributed by atoms with Crippen LogP contribution >= 0.6 is 0 Å². The summed E-state index contributed by atoms with van der Waals surface area (Å²) in [5.74, 6) is 0.983. The summed E-state index contributed by atoms with van der Waals surface area (Å²) >= 11 is 0. The molecule has 0 aromatic rings. The zero-order chi connectivity index (χ0) is 11.6. The van der Waals surface area contributed by atoms with Crippen LogP contribution in [0.15, 0.2) is 0 Å². The van der Waals surface area contributed by atoms with E-state index in [9.17, 15) is 9.90 Å². The summed E-state index contributed by atoms with van der Waals surface area (Å²) in [6, 6.07) is 0. The van der Waals surface area contributed by atoms with Crippen molar-refractivity contribution in [3.05, 3.63) is 0 Å². The van der Waals surface area contributed by atoms with Crippen molar-refractivity contribution >= 4 is 5.91 Å². The molecule has 0 spiro atoms. The summed E-state index contributed by atoms with van der Waals surface area (Å²) in [5.41, 5.74) is -0.305. The quantitative estimate of drug-likeness (QED) is 0.717. The molecule has 0 aliphatic carbocycles. The molecule has 0 bridgehead atoms. The van der Waals surface area contributed by atoms with E-state index in [0.717, 1.165) is 13.0 Å². The summed E-state index contributed by atoms with van der Waals surface area (Å²) < 4.78 is 0. The van der Waals surface area contributed by atoms with Crippen LogP contribution in [0.2, 0.25) is 0 Å². The molecular formula is C12H23NO2. The Bertz CT molecular complexity index is 232. The third-order valence-corrected chi connectivity index (χ3v) is 3.28. The number of aliphatic hydroxyl groups excluding tert-OH is 1. The van der Waals surface area contributed by atoms with Crippen LogP contribution in [0.3, 0.4) is 0 Å². The summed E-state index contributed by atoms with van der Waals surface area (Å²) in [4.78, 5) is 13.9. The fourth-order valence-electron chi connectivity index (χ4n) is 2.05. The number of hydrogen-bond acceptors (Lipinski definition) is 2. The zero-order valence-electron chi connectivity index (χ0n) is 10.3. The van der Waals surface area contributed by atoms with Crippen LogP contribution in [0.25, 0.3) is 0 Å². The molecule has 1 rings (SSSR count). The highest BCUT2D eigenvalue weighted by Gasteiger charge is 2.33. The first-order chi connectivity index (χ1) is 6.86. The van der Waals surface area contributed by atoms with Gasteiger partial charge in [-0.2, -0.15) is 0 Å². The molecule has 1 fully saturated rings. The maximum Gasteiger partial charge on any atom is 0.227 e. The minimum Gasteiger partial charge on any atom is -0.396 e. The lowest BCUT2D eigenvalue weighted by Gasteiger charge is -2.39. The molecule has 3 nitrogen and oxygen atoms in total. The van der Waals surface area contributed by atoms with Crippen molar-refractivity contribution in [2.45, 2.75) is 34.1 Å². The molecule has 0 saturated carbocycles. The van der Waals surface area contributed by atoms with Gasteiger partial charge in [-0.25, -0.2) is 0 Å². The molecule has 0 radical (unpaired) electrons. The van der Waals surface area contributed by atoms with Crippen LogP contribution in [-0.2, 0) is 4.79 Å². The minimum absolute atomic E-state index is 0.190. The van der Waals surface area contributed by atoms with E-state index in [1.54, 1.807) is 0 Å². The molecule has 88 valence electrons. The average Bonchev–Trinajstić information content (AvgIpc) is 2.16. The highest BCUT2D eigenvalue weighted by atomic mass is 16.3. The van der Waals surface area contributed by atoms with E-state index in [4.69, 9.17) is 0 Å². The molecule has 1 aliphatic heterocycles. The second kappa shape index (κ2) is 4.52. The van der Waals surface area contributed by atoms with Crippen molar-refractivity contribution in [1.82, 2.24) is 4.90 Å². The van der Waals surface area contributed by atoms with Gasteiger partial charge in [0.1, 0.15) is 0 Å². The van der Waals surface area contributed by atoms with Gasteiger partial charge in [0.2, 0.25) is 5.91 Å². The van der Waals surface area contributed by atoms with Gasteiger partial charge in [-0.3, -0.25) is 4.79 Å². The lowest BCUT2D eigenvalue weighted by Crippen LogP contribution is -2.48. The number of nitrogens with zero attached hydrogens (tertiary/aromatic N) is 1. The Morgan fingerprint density at radius 1 is 1.47 bits per heavy atom. The number of hydrogen-bond donors (Lipinski definition) is 1. The lowest BCUT2D eigenvalue weighted by molar-refractivity contribution is -0.142. The molecular weight excluding hydrogens is 190 g/mol. The van der Waals surface area contributed by atoms with E-state index in [0.29, 0.717) is 12.5 Å². The van der Waals surface area contributed by atoms with Gasteiger partial charge in [0.25, 0.3) is 0 Å². The molecule has 1 saturated heterocycles. The maximum atomic E-state index is 12.0. The molecule has 2 atom stereocenters. The molecule has 1 heterocycles. The Hall–Kier alpha value is -0.570. The van der Waals surface area contributed by atoms with Crippen LogP contribution in [0.5, 0.6) is 0 Å². The second-order valence-corrected chi connectivity index (χ2v) is 5.71. The standard InChI is InChI=1S/C12H23NO2/c1-9-5-6-13(7-10(9)8-14)11(15)12(2,3)4/h9-10,14H,5-8H2,1-4H3. The lowest BCUT2D eigenvalue weighted by atomic mass is 9.85. The maximum absolute atomic E-state index is 12.0. The number of rotatable bonds is 1. The van der Waals surface area contributed by atoms with Crippen LogP contribution in [-0.4, -0.2) is 35.6 Å². The first kappa shape index (κ1) is 12.5. The molecule has 0 aromatic carbocycles. The average molecular weight is 213 g/mol. The summed E-state index contributed by atoms with van der Waals surface area (Å²) in [6.45, 7) is 9.74. The van der Waals surface area contributed by atoms with Gasteiger partial charge in [0.05, 0.1) is 0 Å². The van der Waals surface area contributed by atoms with E-state index in [1.165, 1.54) is 0 Å². The first-order valence-corrected chi connectivity index (χ1v) is 5.76. The highest BCUT2D eigenvalue weighted by molar-refractivity contribution is 5.81. The van der Waals surface area contributed by atoms with Crippen LogP contribution in [0.1, 0.15) is 34.1 Å². The number of piperidine rings is 1. The SMILES string of the molecule is CC1CCN(C(=O)C(C)(C)C)CC1CO. The summed E-state index contributed by atoms with van der Waals surface area (Å²) in [5, 5.41) is 9.23. The van der Waals surface area contributed by atoms with Gasteiger partial charge >= 0.3 is 0 Å². The smallest absolute Gasteiger partial charge is 0.227 e.